The molecule has 0 amide bonds. The third kappa shape index (κ3) is 3.78. The molecule has 4 rings (SSSR count). The van der Waals surface area contributed by atoms with Gasteiger partial charge < -0.3 is 9.47 Å². The highest BCUT2D eigenvalue weighted by Gasteiger charge is 2.22. The molecule has 3 aromatic carbocycles. The first-order valence-electron chi connectivity index (χ1n) is 8.69. The van der Waals surface area contributed by atoms with E-state index < -0.39 is 4.92 Å². The largest absolute Gasteiger partial charge is 0.454 e. The van der Waals surface area contributed by atoms with Gasteiger partial charge in [0.05, 0.1) is 35.0 Å². The minimum Gasteiger partial charge on any atom is -0.454 e. The molecular formula is C21H17N3O4. The second-order valence-electron chi connectivity index (χ2n) is 6.14. The number of para-hydroxylation sites is 1. The van der Waals surface area contributed by atoms with Gasteiger partial charge in [-0.1, -0.05) is 48.5 Å². The molecule has 0 aromatic heterocycles. The minimum absolute atomic E-state index is 0.0528. The van der Waals surface area contributed by atoms with Crippen LogP contribution in [0.15, 0.2) is 77.9 Å². The Balaban J connectivity index is 1.69. The molecule has 0 N–H and O–H groups in total. The van der Waals surface area contributed by atoms with Gasteiger partial charge in [-0.2, -0.15) is 5.10 Å². The van der Waals surface area contributed by atoms with Crippen molar-refractivity contribution in [2.45, 2.75) is 6.54 Å². The molecule has 0 saturated carbocycles. The number of nitrogens with zero attached hydrogens (tertiary/aromatic N) is 3. The Morgan fingerprint density at radius 2 is 1.64 bits per heavy atom. The van der Waals surface area contributed by atoms with E-state index in [1.165, 1.54) is 12.3 Å². The maximum absolute atomic E-state index is 11.5. The number of nitro groups is 1. The van der Waals surface area contributed by atoms with Crippen molar-refractivity contribution in [3.05, 3.63) is 94.0 Å². The molecule has 0 saturated heterocycles. The fraction of sp³-hybridized carbons (Fsp3) is 0.0952. The van der Waals surface area contributed by atoms with Gasteiger partial charge in [0, 0.05) is 0 Å². The first kappa shape index (κ1) is 17.5. The lowest BCUT2D eigenvalue weighted by Gasteiger charge is -2.19. The Kier molecular flexibility index (Phi) is 4.88. The van der Waals surface area contributed by atoms with E-state index in [1.54, 1.807) is 11.1 Å². The Hall–Kier alpha value is -3.87. The van der Waals surface area contributed by atoms with Crippen molar-refractivity contribution >= 4 is 17.6 Å². The van der Waals surface area contributed by atoms with Gasteiger partial charge in [0.2, 0.25) is 6.79 Å². The fourth-order valence-electron chi connectivity index (χ4n) is 2.90. The SMILES string of the molecule is O=[N+]([O-])c1cc2c(cc1C=NN(Cc1ccccc1)c1ccccc1)OCO2. The van der Waals surface area contributed by atoms with Gasteiger partial charge >= 0.3 is 0 Å². The van der Waals surface area contributed by atoms with Crippen LogP contribution in [0.1, 0.15) is 11.1 Å². The third-order valence-electron chi connectivity index (χ3n) is 4.28. The maximum Gasteiger partial charge on any atom is 0.282 e. The van der Waals surface area contributed by atoms with E-state index in [0.717, 1.165) is 11.3 Å². The van der Waals surface area contributed by atoms with E-state index in [0.29, 0.717) is 23.6 Å². The first-order chi connectivity index (χ1) is 13.7. The number of hydrazone groups is 1. The van der Waals surface area contributed by atoms with Crippen molar-refractivity contribution in [3.8, 4) is 11.5 Å². The number of hydrogen-bond donors (Lipinski definition) is 0. The molecule has 1 heterocycles. The average Bonchev–Trinajstić information content (AvgIpc) is 3.19. The van der Waals surface area contributed by atoms with Crippen LogP contribution in [0.3, 0.4) is 0 Å². The van der Waals surface area contributed by atoms with Crippen LogP contribution in [0, 0.1) is 10.1 Å². The summed E-state index contributed by atoms with van der Waals surface area (Å²) in [6.07, 6.45) is 1.48. The zero-order chi connectivity index (χ0) is 19.3. The first-order valence-corrected chi connectivity index (χ1v) is 8.69. The number of rotatable bonds is 6. The zero-order valence-electron chi connectivity index (χ0n) is 14.9. The van der Waals surface area contributed by atoms with E-state index in [9.17, 15) is 10.1 Å². The summed E-state index contributed by atoms with van der Waals surface area (Å²) in [4.78, 5) is 11.0. The molecule has 1 aliphatic heterocycles. The molecule has 140 valence electrons. The molecule has 7 heteroatoms. The average molecular weight is 375 g/mol. The highest BCUT2D eigenvalue weighted by atomic mass is 16.7. The van der Waals surface area contributed by atoms with Crippen molar-refractivity contribution in [1.82, 2.24) is 0 Å². The summed E-state index contributed by atoms with van der Waals surface area (Å²) in [7, 11) is 0. The van der Waals surface area contributed by atoms with Crippen LogP contribution in [0.25, 0.3) is 0 Å². The van der Waals surface area contributed by atoms with Crippen LogP contribution in [-0.4, -0.2) is 17.9 Å². The molecule has 7 nitrogen and oxygen atoms in total. The maximum atomic E-state index is 11.5. The van der Waals surface area contributed by atoms with Crippen molar-refractivity contribution in [3.63, 3.8) is 0 Å². The predicted octanol–water partition coefficient (Wildman–Crippen LogP) is 4.36. The molecule has 0 spiro atoms. The Labute approximate surface area is 161 Å². The monoisotopic (exact) mass is 375 g/mol. The summed E-state index contributed by atoms with van der Waals surface area (Å²) in [5.74, 6) is 0.842. The van der Waals surface area contributed by atoms with Crippen LogP contribution >= 0.6 is 0 Å². The lowest BCUT2D eigenvalue weighted by Crippen LogP contribution is -2.16. The predicted molar refractivity (Wildman–Crippen MR) is 106 cm³/mol. The summed E-state index contributed by atoms with van der Waals surface area (Å²) < 4.78 is 10.6. The normalized spacial score (nSPS) is 12.3. The van der Waals surface area contributed by atoms with E-state index in [2.05, 4.69) is 5.10 Å². The van der Waals surface area contributed by atoms with Crippen LogP contribution < -0.4 is 14.5 Å². The van der Waals surface area contributed by atoms with Gasteiger partial charge in [0.25, 0.3) is 5.69 Å². The van der Waals surface area contributed by atoms with Crippen molar-refractivity contribution < 1.29 is 14.4 Å². The molecule has 0 atom stereocenters. The summed E-state index contributed by atoms with van der Waals surface area (Å²) in [5.41, 5.74) is 2.22. The van der Waals surface area contributed by atoms with E-state index in [4.69, 9.17) is 9.47 Å². The van der Waals surface area contributed by atoms with Crippen molar-refractivity contribution in [2.75, 3.05) is 11.8 Å². The number of ether oxygens (including phenoxy) is 2. The fourth-order valence-corrected chi connectivity index (χ4v) is 2.90. The molecule has 0 fully saturated rings. The molecule has 0 aliphatic carbocycles. The quantitative estimate of drug-likeness (QED) is 0.363. The van der Waals surface area contributed by atoms with Gasteiger partial charge in [0.15, 0.2) is 11.5 Å². The second-order valence-corrected chi connectivity index (χ2v) is 6.14. The highest BCUT2D eigenvalue weighted by Crippen LogP contribution is 2.37. The summed E-state index contributed by atoms with van der Waals surface area (Å²) in [6, 6.07) is 22.5. The molecule has 28 heavy (non-hydrogen) atoms. The molecular weight excluding hydrogens is 358 g/mol. The number of anilines is 1. The van der Waals surface area contributed by atoms with Gasteiger partial charge in [-0.05, 0) is 23.8 Å². The summed E-state index contributed by atoms with van der Waals surface area (Å²) in [5, 5.41) is 17.8. The Morgan fingerprint density at radius 1 is 1.00 bits per heavy atom. The summed E-state index contributed by atoms with van der Waals surface area (Å²) in [6.45, 7) is 0.580. The van der Waals surface area contributed by atoms with Crippen LogP contribution in [0.2, 0.25) is 0 Å². The second kappa shape index (κ2) is 7.79. The molecule has 0 radical (unpaired) electrons. The van der Waals surface area contributed by atoms with Crippen LogP contribution in [0.5, 0.6) is 11.5 Å². The summed E-state index contributed by atoms with van der Waals surface area (Å²) >= 11 is 0. The van der Waals surface area contributed by atoms with Gasteiger partial charge in [-0.3, -0.25) is 15.1 Å². The van der Waals surface area contributed by atoms with Gasteiger partial charge in [-0.25, -0.2) is 0 Å². The number of hydrogen-bond acceptors (Lipinski definition) is 6. The molecule has 0 bridgehead atoms. The lowest BCUT2D eigenvalue weighted by atomic mass is 10.1. The van der Waals surface area contributed by atoms with Crippen molar-refractivity contribution in [1.29, 1.82) is 0 Å². The Bertz CT molecular complexity index is 1010. The Morgan fingerprint density at radius 3 is 2.32 bits per heavy atom. The number of nitro benzene ring substituents is 1. The smallest absolute Gasteiger partial charge is 0.282 e. The minimum atomic E-state index is -0.451. The van der Waals surface area contributed by atoms with Gasteiger partial charge in [0.1, 0.15) is 0 Å². The van der Waals surface area contributed by atoms with E-state index in [1.807, 2.05) is 60.7 Å². The lowest BCUT2D eigenvalue weighted by molar-refractivity contribution is -0.385. The van der Waals surface area contributed by atoms with Crippen LogP contribution in [-0.2, 0) is 6.54 Å². The van der Waals surface area contributed by atoms with Crippen molar-refractivity contribution in [2.24, 2.45) is 5.10 Å². The van der Waals surface area contributed by atoms with E-state index >= 15 is 0 Å². The highest BCUT2D eigenvalue weighted by molar-refractivity contribution is 5.87. The number of benzene rings is 3. The van der Waals surface area contributed by atoms with Gasteiger partial charge in [-0.15, -0.1) is 0 Å². The van der Waals surface area contributed by atoms with E-state index in [-0.39, 0.29) is 12.5 Å². The third-order valence-corrected chi connectivity index (χ3v) is 4.28. The molecule has 3 aromatic rings. The molecule has 0 unspecified atom stereocenters. The van der Waals surface area contributed by atoms with Crippen LogP contribution in [0.4, 0.5) is 11.4 Å². The zero-order valence-corrected chi connectivity index (χ0v) is 14.9. The standard InChI is InChI=1S/C21H17N3O4/c25-24(26)19-12-21-20(27-15-28-21)11-17(19)13-22-23(18-9-5-2-6-10-18)14-16-7-3-1-4-8-16/h1-13H,14-15H2. The number of fused-ring (bicyclic) bond motifs is 1. The topological polar surface area (TPSA) is 77.2 Å². The molecule has 1 aliphatic rings.